The highest BCUT2D eigenvalue weighted by Crippen LogP contribution is 2.32. The number of likely N-dealkylation sites (tertiary alicyclic amines) is 1. The van der Waals surface area contributed by atoms with Crippen LogP contribution in [-0.4, -0.2) is 31.7 Å². The fourth-order valence-corrected chi connectivity index (χ4v) is 2.80. The Bertz CT molecular complexity index is 145. The third kappa shape index (κ3) is 3.47. The predicted octanol–water partition coefficient (Wildman–Crippen LogP) is -0.477. The summed E-state index contributed by atoms with van der Waals surface area (Å²) in [6.07, 6.45) is 4.19. The van der Waals surface area contributed by atoms with Gasteiger partial charge in [-0.15, -0.1) is 0 Å². The summed E-state index contributed by atoms with van der Waals surface area (Å²) >= 11 is 0. The molecular weight excluding hydrogens is 182 g/mol. The van der Waals surface area contributed by atoms with Crippen molar-refractivity contribution in [2.45, 2.75) is 33.1 Å². The van der Waals surface area contributed by atoms with Gasteiger partial charge in [0.25, 0.3) is 0 Å². The number of hydrogen-bond acceptors (Lipinski definition) is 0. The number of hydrogen-bond donors (Lipinski definition) is 0. The highest BCUT2D eigenvalue weighted by molar-refractivity contribution is 4.74. The molecule has 1 rings (SSSR count). The Morgan fingerprint density at radius 1 is 1.08 bits per heavy atom. The maximum absolute atomic E-state index is 2.37. The number of nitrogens with zero attached hydrogens (tertiary/aromatic N) is 1. The largest absolute Gasteiger partial charge is 1.00 e. The second-order valence-electron chi connectivity index (χ2n) is 5.02. The molecule has 0 N–H and O–H groups in total. The first-order valence-electron chi connectivity index (χ1n) is 5.41. The van der Waals surface area contributed by atoms with Crippen LogP contribution in [0.25, 0.3) is 0 Å². The van der Waals surface area contributed by atoms with E-state index in [1.165, 1.54) is 36.8 Å². The molecule has 13 heavy (non-hydrogen) atoms. The number of quaternary nitrogens is 1. The van der Waals surface area contributed by atoms with Gasteiger partial charge in [0.15, 0.2) is 0 Å². The van der Waals surface area contributed by atoms with Crippen molar-refractivity contribution in [2.75, 3.05) is 27.2 Å². The van der Waals surface area contributed by atoms with Crippen molar-refractivity contribution in [2.24, 2.45) is 11.8 Å². The van der Waals surface area contributed by atoms with Crippen molar-refractivity contribution >= 4 is 0 Å². The van der Waals surface area contributed by atoms with Crippen LogP contribution in [0.15, 0.2) is 0 Å². The number of rotatable bonds is 3. The highest BCUT2D eigenvalue weighted by atomic mass is 35.5. The molecule has 0 spiro atoms. The molecule has 0 aliphatic carbocycles. The Labute approximate surface area is 89.5 Å². The van der Waals surface area contributed by atoms with Crippen molar-refractivity contribution in [3.63, 3.8) is 0 Å². The first-order valence-corrected chi connectivity index (χ1v) is 5.41. The smallest absolute Gasteiger partial charge is 0.0816 e. The summed E-state index contributed by atoms with van der Waals surface area (Å²) in [7, 11) is 4.75. The summed E-state index contributed by atoms with van der Waals surface area (Å²) in [6, 6.07) is 0. The molecule has 0 aromatic carbocycles. The first kappa shape index (κ1) is 13.2. The van der Waals surface area contributed by atoms with Crippen LogP contribution in [0.2, 0.25) is 0 Å². The topological polar surface area (TPSA) is 0 Å². The van der Waals surface area contributed by atoms with E-state index < -0.39 is 0 Å². The Hall–Kier alpha value is 0.250. The van der Waals surface area contributed by atoms with Gasteiger partial charge in [-0.1, -0.05) is 20.3 Å². The van der Waals surface area contributed by atoms with Gasteiger partial charge in [0, 0.05) is 11.8 Å². The summed E-state index contributed by atoms with van der Waals surface area (Å²) in [5, 5.41) is 0. The fraction of sp³-hybridized carbons (Fsp3) is 1.00. The van der Waals surface area contributed by atoms with E-state index in [9.17, 15) is 0 Å². The van der Waals surface area contributed by atoms with Crippen molar-refractivity contribution in [3.05, 3.63) is 0 Å². The van der Waals surface area contributed by atoms with E-state index in [4.69, 9.17) is 0 Å². The van der Waals surface area contributed by atoms with Gasteiger partial charge in [0.2, 0.25) is 0 Å². The second kappa shape index (κ2) is 5.21. The minimum Gasteiger partial charge on any atom is -1.00 e. The Morgan fingerprint density at radius 3 is 2.08 bits per heavy atom. The average molecular weight is 206 g/mol. The van der Waals surface area contributed by atoms with Crippen LogP contribution in [0.5, 0.6) is 0 Å². The van der Waals surface area contributed by atoms with Crippen LogP contribution in [0.3, 0.4) is 0 Å². The fourth-order valence-electron chi connectivity index (χ4n) is 2.80. The molecule has 2 atom stereocenters. The van der Waals surface area contributed by atoms with Crippen LogP contribution < -0.4 is 12.4 Å². The zero-order chi connectivity index (χ0) is 9.19. The molecule has 0 saturated carbocycles. The Morgan fingerprint density at radius 2 is 1.62 bits per heavy atom. The summed E-state index contributed by atoms with van der Waals surface area (Å²) in [5.41, 5.74) is 0. The summed E-state index contributed by atoms with van der Waals surface area (Å²) < 4.78 is 1.25. The van der Waals surface area contributed by atoms with Gasteiger partial charge in [0.1, 0.15) is 0 Å². The van der Waals surface area contributed by atoms with Gasteiger partial charge in [-0.05, 0) is 12.8 Å². The maximum atomic E-state index is 2.37. The molecule has 0 aromatic rings. The average Bonchev–Trinajstić information content (AvgIpc) is 2.26. The van der Waals surface area contributed by atoms with Crippen LogP contribution in [0.1, 0.15) is 33.1 Å². The van der Waals surface area contributed by atoms with Crippen LogP contribution in [-0.2, 0) is 0 Å². The molecule has 1 saturated heterocycles. The Kier molecular flexibility index (Phi) is 5.31. The molecule has 1 aliphatic rings. The lowest BCUT2D eigenvalue weighted by Crippen LogP contribution is -3.00. The molecule has 0 amide bonds. The number of halogens is 1. The zero-order valence-corrected chi connectivity index (χ0v) is 10.3. The molecule has 1 nitrogen and oxygen atoms in total. The van der Waals surface area contributed by atoms with Crippen molar-refractivity contribution in [1.82, 2.24) is 0 Å². The van der Waals surface area contributed by atoms with Gasteiger partial charge in [-0.2, -0.15) is 0 Å². The normalized spacial score (nSPS) is 31.4. The van der Waals surface area contributed by atoms with Crippen molar-refractivity contribution in [3.8, 4) is 0 Å². The molecule has 80 valence electrons. The lowest BCUT2D eigenvalue weighted by molar-refractivity contribution is -0.880. The van der Waals surface area contributed by atoms with Crippen LogP contribution in [0, 0.1) is 11.8 Å². The summed E-state index contributed by atoms with van der Waals surface area (Å²) in [6.45, 7) is 7.47. The van der Waals surface area contributed by atoms with Gasteiger partial charge < -0.3 is 16.9 Å². The molecule has 0 bridgehead atoms. The van der Waals surface area contributed by atoms with Gasteiger partial charge in [0.05, 0.1) is 27.2 Å². The van der Waals surface area contributed by atoms with Gasteiger partial charge >= 0.3 is 0 Å². The van der Waals surface area contributed by atoms with E-state index in [2.05, 4.69) is 27.9 Å². The minimum atomic E-state index is 0. The molecule has 1 aliphatic heterocycles. The highest BCUT2D eigenvalue weighted by Gasteiger charge is 2.37. The molecule has 2 heteroatoms. The van der Waals surface area contributed by atoms with E-state index in [0.717, 1.165) is 11.8 Å². The van der Waals surface area contributed by atoms with E-state index in [0.29, 0.717) is 0 Å². The van der Waals surface area contributed by atoms with Crippen LogP contribution in [0.4, 0.5) is 0 Å². The monoisotopic (exact) mass is 205 g/mol. The third-order valence-electron chi connectivity index (χ3n) is 3.31. The second-order valence-corrected chi connectivity index (χ2v) is 5.02. The summed E-state index contributed by atoms with van der Waals surface area (Å²) in [4.78, 5) is 0. The lowest BCUT2D eigenvalue weighted by Gasteiger charge is -2.23. The molecule has 2 unspecified atom stereocenters. The third-order valence-corrected chi connectivity index (χ3v) is 3.31. The van der Waals surface area contributed by atoms with E-state index >= 15 is 0 Å². The molecule has 1 fully saturated rings. The standard InChI is InChI=1S/C11H24N.ClH/c1-5-7-11-9-12(3,4)8-10(11)6-2;/h10-11H,5-9H2,1-4H3;1H/q+1;/p-1. The molecular formula is C11H24ClN. The molecule has 0 aromatic heterocycles. The first-order chi connectivity index (χ1) is 5.59. The van der Waals surface area contributed by atoms with Crippen molar-refractivity contribution < 1.29 is 16.9 Å². The Balaban J connectivity index is 0.00000144. The maximum Gasteiger partial charge on any atom is 0.0816 e. The van der Waals surface area contributed by atoms with Gasteiger partial charge in [-0.25, -0.2) is 0 Å². The molecule has 1 heterocycles. The summed E-state index contributed by atoms with van der Waals surface area (Å²) in [5.74, 6) is 2.01. The molecule has 0 radical (unpaired) electrons. The predicted molar refractivity (Wildman–Crippen MR) is 54.0 cm³/mol. The van der Waals surface area contributed by atoms with E-state index in [1.54, 1.807) is 0 Å². The quantitative estimate of drug-likeness (QED) is 0.547. The SMILES string of the molecule is CCCC1C[N+](C)(C)CC1CC.[Cl-]. The van der Waals surface area contributed by atoms with E-state index in [-0.39, 0.29) is 12.4 Å². The van der Waals surface area contributed by atoms with Crippen molar-refractivity contribution in [1.29, 1.82) is 0 Å². The zero-order valence-electron chi connectivity index (χ0n) is 9.52. The lowest BCUT2D eigenvalue weighted by atomic mass is 9.90. The van der Waals surface area contributed by atoms with E-state index in [1.807, 2.05) is 0 Å². The van der Waals surface area contributed by atoms with Crippen LogP contribution >= 0.6 is 0 Å². The minimum absolute atomic E-state index is 0. The van der Waals surface area contributed by atoms with Gasteiger partial charge in [-0.3, -0.25) is 0 Å².